The van der Waals surface area contributed by atoms with Gasteiger partial charge in [-0.15, -0.1) is 0 Å². The highest BCUT2D eigenvalue weighted by Crippen LogP contribution is 2.20. The van der Waals surface area contributed by atoms with Gasteiger partial charge in [0.1, 0.15) is 0 Å². The summed E-state index contributed by atoms with van der Waals surface area (Å²) in [4.78, 5) is 7.11. The minimum absolute atomic E-state index is 0.397. The summed E-state index contributed by atoms with van der Waals surface area (Å²) in [5.41, 5.74) is 5.98. The lowest BCUT2D eigenvalue weighted by Gasteiger charge is -2.29. The van der Waals surface area contributed by atoms with Gasteiger partial charge >= 0.3 is 0 Å². The van der Waals surface area contributed by atoms with E-state index in [2.05, 4.69) is 22.1 Å². The van der Waals surface area contributed by atoms with Gasteiger partial charge in [0.2, 0.25) is 0 Å². The molecule has 2 fully saturated rings. The summed E-state index contributed by atoms with van der Waals surface area (Å²) in [6.07, 6.45) is 9.13. The molecule has 2 rings (SSSR count). The number of piperidine rings is 1. The van der Waals surface area contributed by atoms with Crippen LogP contribution in [0.2, 0.25) is 0 Å². The molecule has 1 unspecified atom stereocenters. The van der Waals surface area contributed by atoms with E-state index in [9.17, 15) is 0 Å². The van der Waals surface area contributed by atoms with E-state index in [0.29, 0.717) is 18.0 Å². The zero-order chi connectivity index (χ0) is 12.8. The zero-order valence-electron chi connectivity index (χ0n) is 11.7. The highest BCUT2D eigenvalue weighted by atomic mass is 15.2. The summed E-state index contributed by atoms with van der Waals surface area (Å²) in [7, 11) is 0. The molecule has 4 nitrogen and oxygen atoms in total. The van der Waals surface area contributed by atoms with Crippen molar-refractivity contribution >= 4 is 5.96 Å². The van der Waals surface area contributed by atoms with Gasteiger partial charge in [-0.25, -0.2) is 0 Å². The van der Waals surface area contributed by atoms with Gasteiger partial charge in [-0.3, -0.25) is 4.99 Å². The first-order valence-electron chi connectivity index (χ1n) is 7.56. The Morgan fingerprint density at radius 3 is 2.56 bits per heavy atom. The number of nitrogens with two attached hydrogens (primary N) is 1. The molecule has 0 bridgehead atoms. The van der Waals surface area contributed by atoms with E-state index in [-0.39, 0.29) is 0 Å². The van der Waals surface area contributed by atoms with Crippen LogP contribution in [0.4, 0.5) is 0 Å². The predicted octanol–water partition coefficient (Wildman–Crippen LogP) is 1.71. The Morgan fingerprint density at radius 1 is 1.22 bits per heavy atom. The third kappa shape index (κ3) is 4.48. The van der Waals surface area contributed by atoms with Gasteiger partial charge < -0.3 is 16.0 Å². The van der Waals surface area contributed by atoms with Gasteiger partial charge in [-0.2, -0.15) is 0 Å². The van der Waals surface area contributed by atoms with Crippen molar-refractivity contribution in [2.75, 3.05) is 19.6 Å². The summed E-state index contributed by atoms with van der Waals surface area (Å²) >= 11 is 0. The smallest absolute Gasteiger partial charge is 0.189 e. The monoisotopic (exact) mass is 252 g/mol. The first-order chi connectivity index (χ1) is 8.74. The molecule has 1 aliphatic carbocycles. The summed E-state index contributed by atoms with van der Waals surface area (Å²) < 4.78 is 0. The van der Waals surface area contributed by atoms with E-state index in [1.54, 1.807) is 0 Å². The van der Waals surface area contributed by atoms with E-state index in [1.165, 1.54) is 58.0 Å². The number of likely N-dealkylation sites (tertiary alicyclic amines) is 1. The molecule has 1 aliphatic heterocycles. The zero-order valence-corrected chi connectivity index (χ0v) is 11.7. The highest BCUT2D eigenvalue weighted by molar-refractivity contribution is 5.78. The van der Waals surface area contributed by atoms with Crippen LogP contribution in [0.15, 0.2) is 4.99 Å². The highest BCUT2D eigenvalue weighted by Gasteiger charge is 2.16. The Morgan fingerprint density at radius 2 is 1.89 bits per heavy atom. The number of aliphatic imine (C=N–C) groups is 1. The molecule has 0 aromatic carbocycles. The SMILES string of the molecule is CC(CN1CCCCC1)NC(N)=NC1CCCC1. The molecular formula is C14H28N4. The van der Waals surface area contributed by atoms with Crippen molar-refractivity contribution in [3.63, 3.8) is 0 Å². The quantitative estimate of drug-likeness (QED) is 0.591. The Hall–Kier alpha value is -0.770. The summed E-state index contributed by atoms with van der Waals surface area (Å²) in [5.74, 6) is 0.645. The lowest BCUT2D eigenvalue weighted by atomic mass is 10.1. The number of nitrogens with one attached hydrogen (secondary N) is 1. The lowest BCUT2D eigenvalue weighted by Crippen LogP contribution is -2.46. The second-order valence-corrected chi connectivity index (χ2v) is 5.86. The second kappa shape index (κ2) is 6.98. The van der Waals surface area contributed by atoms with Crippen LogP contribution in [0, 0.1) is 0 Å². The molecule has 18 heavy (non-hydrogen) atoms. The van der Waals surface area contributed by atoms with Gasteiger partial charge in [0.25, 0.3) is 0 Å². The van der Waals surface area contributed by atoms with E-state index >= 15 is 0 Å². The molecule has 1 saturated heterocycles. The minimum Gasteiger partial charge on any atom is -0.370 e. The maximum atomic E-state index is 5.98. The van der Waals surface area contributed by atoms with Crippen molar-refractivity contribution in [1.29, 1.82) is 0 Å². The number of hydrogen-bond acceptors (Lipinski definition) is 2. The Kier molecular flexibility index (Phi) is 5.29. The third-order valence-corrected chi connectivity index (χ3v) is 4.02. The molecule has 1 saturated carbocycles. The first kappa shape index (κ1) is 13.7. The molecule has 4 heteroatoms. The Labute approximate surface area is 111 Å². The standard InChI is InChI=1S/C14H28N4/c1-12(11-18-9-5-2-6-10-18)16-14(15)17-13-7-3-4-8-13/h12-13H,2-11H2,1H3,(H3,15,16,17). The van der Waals surface area contributed by atoms with Crippen LogP contribution in [0.25, 0.3) is 0 Å². The van der Waals surface area contributed by atoms with Crippen LogP contribution in [0.5, 0.6) is 0 Å². The average molecular weight is 252 g/mol. The Balaban J connectivity index is 1.70. The van der Waals surface area contributed by atoms with Crippen molar-refractivity contribution in [2.24, 2.45) is 10.7 Å². The van der Waals surface area contributed by atoms with Crippen molar-refractivity contribution in [1.82, 2.24) is 10.2 Å². The number of nitrogens with zero attached hydrogens (tertiary/aromatic N) is 2. The normalized spacial score (nSPS) is 25.3. The molecule has 1 heterocycles. The van der Waals surface area contributed by atoms with Crippen LogP contribution < -0.4 is 11.1 Å². The van der Waals surface area contributed by atoms with Gasteiger partial charge in [-0.05, 0) is 45.7 Å². The molecular weight excluding hydrogens is 224 g/mol. The van der Waals surface area contributed by atoms with Crippen LogP contribution in [0.3, 0.4) is 0 Å². The molecule has 0 spiro atoms. The number of rotatable bonds is 4. The molecule has 0 radical (unpaired) electrons. The summed E-state index contributed by atoms with van der Waals surface area (Å²) in [6, 6.07) is 0.868. The van der Waals surface area contributed by atoms with Crippen LogP contribution >= 0.6 is 0 Å². The van der Waals surface area contributed by atoms with Crippen molar-refractivity contribution < 1.29 is 0 Å². The van der Waals surface area contributed by atoms with E-state index in [1.807, 2.05) is 0 Å². The topological polar surface area (TPSA) is 53.6 Å². The van der Waals surface area contributed by atoms with Gasteiger partial charge in [0.05, 0.1) is 6.04 Å². The molecule has 0 aromatic heterocycles. The van der Waals surface area contributed by atoms with E-state index in [0.717, 1.165) is 6.54 Å². The lowest BCUT2D eigenvalue weighted by molar-refractivity contribution is 0.215. The van der Waals surface area contributed by atoms with Gasteiger partial charge in [0.15, 0.2) is 5.96 Å². The second-order valence-electron chi connectivity index (χ2n) is 5.86. The van der Waals surface area contributed by atoms with E-state index in [4.69, 9.17) is 5.73 Å². The van der Waals surface area contributed by atoms with Crippen molar-refractivity contribution in [3.05, 3.63) is 0 Å². The maximum absolute atomic E-state index is 5.98. The fourth-order valence-corrected chi connectivity index (χ4v) is 3.09. The van der Waals surface area contributed by atoms with Crippen LogP contribution in [-0.2, 0) is 0 Å². The van der Waals surface area contributed by atoms with Gasteiger partial charge in [-0.1, -0.05) is 19.3 Å². The molecule has 104 valence electrons. The fraction of sp³-hybridized carbons (Fsp3) is 0.929. The van der Waals surface area contributed by atoms with Crippen molar-refractivity contribution in [3.8, 4) is 0 Å². The molecule has 1 atom stereocenters. The fourth-order valence-electron chi connectivity index (χ4n) is 3.09. The van der Waals surface area contributed by atoms with Crippen LogP contribution in [-0.4, -0.2) is 42.6 Å². The van der Waals surface area contributed by atoms with Crippen LogP contribution in [0.1, 0.15) is 51.9 Å². The first-order valence-corrected chi connectivity index (χ1v) is 7.56. The predicted molar refractivity (Wildman–Crippen MR) is 76.8 cm³/mol. The summed E-state index contributed by atoms with van der Waals surface area (Å²) in [6.45, 7) is 5.77. The number of hydrogen-bond donors (Lipinski definition) is 2. The third-order valence-electron chi connectivity index (χ3n) is 4.02. The largest absolute Gasteiger partial charge is 0.370 e. The molecule has 3 N–H and O–H groups in total. The Bertz CT molecular complexity index is 265. The van der Waals surface area contributed by atoms with Gasteiger partial charge in [0, 0.05) is 12.6 Å². The van der Waals surface area contributed by atoms with E-state index < -0.39 is 0 Å². The van der Waals surface area contributed by atoms with Crippen molar-refractivity contribution in [2.45, 2.75) is 64.0 Å². The molecule has 2 aliphatic rings. The maximum Gasteiger partial charge on any atom is 0.189 e. The molecule has 0 amide bonds. The number of guanidine groups is 1. The molecule has 0 aromatic rings. The summed E-state index contributed by atoms with van der Waals surface area (Å²) in [5, 5.41) is 3.34. The minimum atomic E-state index is 0.397. The average Bonchev–Trinajstić information content (AvgIpc) is 2.82.